The highest BCUT2D eigenvalue weighted by Crippen LogP contribution is 2.30. The van der Waals surface area contributed by atoms with Gasteiger partial charge in [-0.1, -0.05) is 18.5 Å². The van der Waals surface area contributed by atoms with Crippen LogP contribution in [0.2, 0.25) is 5.02 Å². The first-order chi connectivity index (χ1) is 7.92. The minimum Gasteiger partial charge on any atom is -0.506 e. The van der Waals surface area contributed by atoms with Crippen LogP contribution in [-0.4, -0.2) is 23.8 Å². The minimum atomic E-state index is -1.07. The Morgan fingerprint density at radius 2 is 2.18 bits per heavy atom. The predicted octanol–water partition coefficient (Wildman–Crippen LogP) is 2.77. The second-order valence-corrected chi connectivity index (χ2v) is 4.20. The van der Waals surface area contributed by atoms with Crippen molar-refractivity contribution in [1.29, 1.82) is 0 Å². The smallest absolute Gasteiger partial charge is 0.349 e. The first-order valence-electron chi connectivity index (χ1n) is 5.19. The number of halogens is 1. The van der Waals surface area contributed by atoms with E-state index >= 15 is 0 Å². The minimum absolute atomic E-state index is 0.0903. The van der Waals surface area contributed by atoms with E-state index in [4.69, 9.17) is 16.3 Å². The molecular formula is C12H15ClO4. The molecule has 0 heterocycles. The Morgan fingerprint density at radius 3 is 2.65 bits per heavy atom. The molecule has 0 aromatic heterocycles. The molecule has 1 atom stereocenters. The van der Waals surface area contributed by atoms with E-state index in [-0.39, 0.29) is 10.8 Å². The second-order valence-electron chi connectivity index (χ2n) is 3.79. The van der Waals surface area contributed by atoms with Crippen molar-refractivity contribution in [1.82, 2.24) is 0 Å². The van der Waals surface area contributed by atoms with Gasteiger partial charge in [0.05, 0.1) is 12.1 Å². The Labute approximate surface area is 105 Å². The Balaban J connectivity index is 2.95. The van der Waals surface area contributed by atoms with Gasteiger partial charge in [-0.3, -0.25) is 0 Å². The molecule has 5 heteroatoms. The van der Waals surface area contributed by atoms with E-state index in [1.54, 1.807) is 13.0 Å². The third-order valence-electron chi connectivity index (χ3n) is 2.55. The van der Waals surface area contributed by atoms with Crippen LogP contribution in [0.25, 0.3) is 0 Å². The van der Waals surface area contributed by atoms with Crippen LogP contribution in [0, 0.1) is 0 Å². The number of ether oxygens (including phenoxy) is 2. The molecule has 0 fully saturated rings. The lowest BCUT2D eigenvalue weighted by molar-refractivity contribution is -0.157. The van der Waals surface area contributed by atoms with Crippen molar-refractivity contribution in [3.63, 3.8) is 0 Å². The molecule has 1 aromatic carbocycles. The summed E-state index contributed by atoms with van der Waals surface area (Å²) in [5, 5.41) is 9.67. The lowest BCUT2D eigenvalue weighted by Gasteiger charge is -2.26. The molecule has 1 unspecified atom stereocenters. The van der Waals surface area contributed by atoms with Crippen LogP contribution in [0.15, 0.2) is 18.2 Å². The molecule has 0 aliphatic carbocycles. The highest BCUT2D eigenvalue weighted by Gasteiger charge is 2.35. The molecule has 0 radical (unpaired) electrons. The normalized spacial score (nSPS) is 13.9. The summed E-state index contributed by atoms with van der Waals surface area (Å²) in [5.74, 6) is -0.191. The molecule has 0 spiro atoms. The number of phenols is 1. The molecule has 17 heavy (non-hydrogen) atoms. The zero-order chi connectivity index (χ0) is 13.1. The van der Waals surface area contributed by atoms with Gasteiger partial charge in [0.15, 0.2) is 0 Å². The maximum Gasteiger partial charge on any atom is 0.349 e. The summed E-state index contributed by atoms with van der Waals surface area (Å²) >= 11 is 5.68. The number of aromatic hydroxyl groups is 1. The topological polar surface area (TPSA) is 55.8 Å². The fraction of sp³-hybridized carbons (Fsp3) is 0.417. The first kappa shape index (κ1) is 13.6. The van der Waals surface area contributed by atoms with E-state index in [2.05, 4.69) is 4.74 Å². The van der Waals surface area contributed by atoms with Gasteiger partial charge in [0.25, 0.3) is 0 Å². The molecule has 94 valence electrons. The van der Waals surface area contributed by atoms with Crippen LogP contribution in [0.4, 0.5) is 0 Å². The van der Waals surface area contributed by atoms with Crippen molar-refractivity contribution in [2.45, 2.75) is 25.9 Å². The number of carbonyl (C=O) groups is 1. The standard InChI is InChI=1S/C12H15ClO4/c1-4-12(2,11(15)16-3)17-8-5-6-9(13)10(14)7-8/h5-7,14H,4H2,1-3H3. The highest BCUT2D eigenvalue weighted by atomic mass is 35.5. The van der Waals surface area contributed by atoms with Gasteiger partial charge in [-0.25, -0.2) is 4.79 Å². The van der Waals surface area contributed by atoms with Crippen molar-refractivity contribution in [3.05, 3.63) is 23.2 Å². The summed E-state index contributed by atoms with van der Waals surface area (Å²) in [6.45, 7) is 3.44. The Kier molecular flexibility index (Phi) is 4.23. The molecule has 4 nitrogen and oxygen atoms in total. The van der Waals surface area contributed by atoms with Crippen LogP contribution in [0.5, 0.6) is 11.5 Å². The number of rotatable bonds is 4. The number of hydrogen-bond donors (Lipinski definition) is 1. The maximum absolute atomic E-state index is 11.6. The van der Waals surface area contributed by atoms with Crippen LogP contribution in [0.3, 0.4) is 0 Å². The first-order valence-corrected chi connectivity index (χ1v) is 5.56. The molecule has 0 amide bonds. The van der Waals surface area contributed by atoms with E-state index in [0.29, 0.717) is 12.2 Å². The van der Waals surface area contributed by atoms with Crippen molar-refractivity contribution >= 4 is 17.6 Å². The molecule has 1 aromatic rings. The lowest BCUT2D eigenvalue weighted by Crippen LogP contribution is -2.41. The summed E-state index contributed by atoms with van der Waals surface area (Å²) in [6, 6.07) is 4.44. The molecule has 0 aliphatic heterocycles. The second kappa shape index (κ2) is 5.27. The molecule has 0 aliphatic rings. The number of benzene rings is 1. The van der Waals surface area contributed by atoms with Gasteiger partial charge >= 0.3 is 5.97 Å². The number of methoxy groups -OCH3 is 1. The summed E-state index contributed by atoms with van der Waals surface area (Å²) in [6.07, 6.45) is 0.447. The van der Waals surface area contributed by atoms with E-state index in [0.717, 1.165) is 0 Å². The number of carbonyl (C=O) groups excluding carboxylic acids is 1. The third-order valence-corrected chi connectivity index (χ3v) is 2.87. The zero-order valence-electron chi connectivity index (χ0n) is 9.99. The summed E-state index contributed by atoms with van der Waals surface area (Å²) in [5.41, 5.74) is -1.07. The molecule has 0 bridgehead atoms. The maximum atomic E-state index is 11.6. The third kappa shape index (κ3) is 3.03. The molecule has 1 N–H and O–H groups in total. The van der Waals surface area contributed by atoms with E-state index in [1.807, 2.05) is 6.92 Å². The fourth-order valence-corrected chi connectivity index (χ4v) is 1.41. The molecule has 0 saturated heterocycles. The van der Waals surface area contributed by atoms with Crippen LogP contribution >= 0.6 is 11.6 Å². The van der Waals surface area contributed by atoms with Gasteiger partial charge in [-0.05, 0) is 25.5 Å². The summed E-state index contributed by atoms with van der Waals surface area (Å²) in [7, 11) is 1.30. The molecular weight excluding hydrogens is 244 g/mol. The van der Waals surface area contributed by atoms with Gasteiger partial charge in [0, 0.05) is 6.07 Å². The van der Waals surface area contributed by atoms with Gasteiger partial charge in [0.1, 0.15) is 11.5 Å². The molecule has 1 rings (SSSR count). The average Bonchev–Trinajstić information content (AvgIpc) is 2.32. The number of esters is 1. The van der Waals surface area contributed by atoms with Gasteiger partial charge < -0.3 is 14.6 Å². The van der Waals surface area contributed by atoms with Crippen molar-refractivity contribution in [2.75, 3.05) is 7.11 Å². The van der Waals surface area contributed by atoms with Crippen molar-refractivity contribution < 1.29 is 19.4 Å². The fourth-order valence-electron chi connectivity index (χ4n) is 1.29. The Bertz CT molecular complexity index is 419. The van der Waals surface area contributed by atoms with Gasteiger partial charge in [0.2, 0.25) is 5.60 Å². The zero-order valence-corrected chi connectivity index (χ0v) is 10.7. The van der Waals surface area contributed by atoms with E-state index in [9.17, 15) is 9.90 Å². The van der Waals surface area contributed by atoms with E-state index < -0.39 is 11.6 Å². The van der Waals surface area contributed by atoms with Gasteiger partial charge in [-0.15, -0.1) is 0 Å². The quantitative estimate of drug-likeness (QED) is 0.844. The Hall–Kier alpha value is -1.42. The van der Waals surface area contributed by atoms with Crippen LogP contribution in [-0.2, 0) is 9.53 Å². The largest absolute Gasteiger partial charge is 0.506 e. The van der Waals surface area contributed by atoms with E-state index in [1.165, 1.54) is 19.2 Å². The Morgan fingerprint density at radius 1 is 1.53 bits per heavy atom. The lowest BCUT2D eigenvalue weighted by atomic mass is 10.0. The van der Waals surface area contributed by atoms with Crippen molar-refractivity contribution in [3.8, 4) is 11.5 Å². The summed E-state index contributed by atoms with van der Waals surface area (Å²) < 4.78 is 10.2. The number of hydrogen-bond acceptors (Lipinski definition) is 4. The van der Waals surface area contributed by atoms with Crippen LogP contribution in [0.1, 0.15) is 20.3 Å². The molecule has 0 saturated carbocycles. The number of phenolic OH excluding ortho intramolecular Hbond substituents is 1. The average molecular weight is 259 g/mol. The van der Waals surface area contributed by atoms with Gasteiger partial charge in [-0.2, -0.15) is 0 Å². The summed E-state index contributed by atoms with van der Waals surface area (Å²) in [4.78, 5) is 11.6. The monoisotopic (exact) mass is 258 g/mol. The van der Waals surface area contributed by atoms with Crippen molar-refractivity contribution in [2.24, 2.45) is 0 Å². The SMILES string of the molecule is CCC(C)(Oc1ccc(Cl)c(O)c1)C(=O)OC. The highest BCUT2D eigenvalue weighted by molar-refractivity contribution is 6.32. The van der Waals surface area contributed by atoms with Crippen LogP contribution < -0.4 is 4.74 Å². The predicted molar refractivity (Wildman–Crippen MR) is 64.5 cm³/mol.